The number of hydrogen-bond donors (Lipinski definition) is 2. The van der Waals surface area contributed by atoms with E-state index in [0.29, 0.717) is 29.4 Å². The molecule has 4 aromatic rings. The van der Waals surface area contributed by atoms with Crippen LogP contribution in [-0.4, -0.2) is 22.5 Å². The van der Waals surface area contributed by atoms with Gasteiger partial charge >= 0.3 is 0 Å². The lowest BCUT2D eigenvalue weighted by Gasteiger charge is -2.13. The second kappa shape index (κ2) is 8.39. The Morgan fingerprint density at radius 1 is 0.897 bits per heavy atom. The fourth-order valence-electron chi connectivity index (χ4n) is 2.96. The monoisotopic (exact) mass is 384 g/mol. The van der Waals surface area contributed by atoms with Crippen molar-refractivity contribution >= 4 is 34.0 Å². The summed E-state index contributed by atoms with van der Waals surface area (Å²) in [6.45, 7) is 2.40. The number of benzene rings is 3. The van der Waals surface area contributed by atoms with Gasteiger partial charge in [0.15, 0.2) is 0 Å². The maximum absolute atomic E-state index is 12.9. The quantitative estimate of drug-likeness (QED) is 0.488. The van der Waals surface area contributed by atoms with Gasteiger partial charge in [-0.3, -0.25) is 4.79 Å². The van der Waals surface area contributed by atoms with Crippen LogP contribution in [0.25, 0.3) is 10.9 Å². The number of fused-ring (bicyclic) bond motifs is 1. The predicted molar refractivity (Wildman–Crippen MR) is 115 cm³/mol. The predicted octanol–water partition coefficient (Wildman–Crippen LogP) is 5.02. The van der Waals surface area contributed by atoms with Gasteiger partial charge in [-0.25, -0.2) is 9.97 Å². The topological polar surface area (TPSA) is 76.1 Å². The lowest BCUT2D eigenvalue weighted by Crippen LogP contribution is -2.17. The summed E-state index contributed by atoms with van der Waals surface area (Å²) in [5.74, 6) is 0.851. The van der Waals surface area contributed by atoms with Crippen molar-refractivity contribution in [2.75, 3.05) is 17.2 Å². The van der Waals surface area contributed by atoms with E-state index in [1.807, 2.05) is 79.7 Å². The molecule has 0 aliphatic rings. The Balaban J connectivity index is 1.69. The molecule has 29 heavy (non-hydrogen) atoms. The third kappa shape index (κ3) is 4.16. The Bertz CT molecular complexity index is 1150. The highest BCUT2D eigenvalue weighted by Gasteiger charge is 2.16. The molecule has 1 amide bonds. The number of carbonyl (C=O) groups excluding carboxylic acids is 1. The minimum atomic E-state index is -0.404. The molecule has 0 fully saturated rings. The molecule has 0 unspecified atom stereocenters. The molecule has 4 rings (SSSR count). The molecule has 0 saturated carbocycles. The minimum absolute atomic E-state index is 0.0773. The molecular formula is C23H20N4O2. The number of rotatable bonds is 6. The maximum Gasteiger partial charge on any atom is 0.293 e. The van der Waals surface area contributed by atoms with Gasteiger partial charge in [0.2, 0.25) is 5.82 Å². The van der Waals surface area contributed by atoms with Crippen LogP contribution < -0.4 is 15.4 Å². The van der Waals surface area contributed by atoms with E-state index in [1.165, 1.54) is 0 Å². The van der Waals surface area contributed by atoms with E-state index < -0.39 is 5.91 Å². The normalized spacial score (nSPS) is 10.5. The summed E-state index contributed by atoms with van der Waals surface area (Å²) in [7, 11) is 0. The molecule has 2 N–H and O–H groups in total. The van der Waals surface area contributed by atoms with Crippen molar-refractivity contribution in [3.8, 4) is 5.75 Å². The number of nitrogens with zero attached hydrogens (tertiary/aromatic N) is 2. The molecule has 0 spiro atoms. The van der Waals surface area contributed by atoms with E-state index >= 15 is 0 Å². The molecule has 0 aliphatic carbocycles. The lowest BCUT2D eigenvalue weighted by atomic mass is 10.2. The Hall–Kier alpha value is -3.93. The molecule has 6 nitrogen and oxygen atoms in total. The van der Waals surface area contributed by atoms with Gasteiger partial charge in [-0.2, -0.15) is 0 Å². The van der Waals surface area contributed by atoms with Crippen molar-refractivity contribution in [3.63, 3.8) is 0 Å². The molecule has 1 heterocycles. The molecule has 6 heteroatoms. The Morgan fingerprint density at radius 2 is 1.62 bits per heavy atom. The molecule has 0 bridgehead atoms. The van der Waals surface area contributed by atoms with Crippen molar-refractivity contribution in [2.45, 2.75) is 6.92 Å². The SMILES string of the molecule is CCOc1ccccc1NC(=O)c1nc(Nc2ccccc2)c2ccccc2n1. The third-order valence-corrected chi connectivity index (χ3v) is 4.28. The summed E-state index contributed by atoms with van der Waals surface area (Å²) < 4.78 is 5.58. The first kappa shape index (κ1) is 18.4. The summed E-state index contributed by atoms with van der Waals surface area (Å²) in [4.78, 5) is 21.8. The standard InChI is InChI=1S/C23H20N4O2/c1-2-29-20-15-9-8-14-19(20)26-23(28)22-25-18-13-7-6-12-17(18)21(27-22)24-16-10-4-3-5-11-16/h3-15H,2H2,1H3,(H,26,28)(H,24,25,27). The Labute approximate surface area is 168 Å². The first-order valence-corrected chi connectivity index (χ1v) is 9.36. The van der Waals surface area contributed by atoms with Crippen molar-refractivity contribution in [1.29, 1.82) is 0 Å². The van der Waals surface area contributed by atoms with E-state index in [0.717, 1.165) is 11.1 Å². The van der Waals surface area contributed by atoms with Crippen molar-refractivity contribution < 1.29 is 9.53 Å². The molecule has 0 radical (unpaired) electrons. The summed E-state index contributed by atoms with van der Waals surface area (Å²) in [6.07, 6.45) is 0. The molecule has 1 aromatic heterocycles. The van der Waals surface area contributed by atoms with Gasteiger partial charge in [0.1, 0.15) is 11.6 Å². The molecule has 0 saturated heterocycles. The van der Waals surface area contributed by atoms with Gasteiger partial charge in [0.05, 0.1) is 17.8 Å². The molecule has 0 atom stereocenters. The Morgan fingerprint density at radius 3 is 2.45 bits per heavy atom. The highest BCUT2D eigenvalue weighted by atomic mass is 16.5. The number of anilines is 3. The van der Waals surface area contributed by atoms with Gasteiger partial charge in [-0.15, -0.1) is 0 Å². The van der Waals surface area contributed by atoms with Crippen LogP contribution in [0.1, 0.15) is 17.5 Å². The van der Waals surface area contributed by atoms with Crippen LogP contribution in [0.15, 0.2) is 78.9 Å². The second-order valence-electron chi connectivity index (χ2n) is 6.29. The number of nitrogens with one attached hydrogen (secondary N) is 2. The average molecular weight is 384 g/mol. The summed E-state index contributed by atoms with van der Waals surface area (Å²) >= 11 is 0. The lowest BCUT2D eigenvalue weighted by molar-refractivity contribution is 0.101. The van der Waals surface area contributed by atoms with Crippen molar-refractivity contribution in [3.05, 3.63) is 84.7 Å². The number of carbonyl (C=O) groups is 1. The summed E-state index contributed by atoms with van der Waals surface area (Å²) in [5.41, 5.74) is 2.14. The minimum Gasteiger partial charge on any atom is -0.492 e. The van der Waals surface area contributed by atoms with Crippen LogP contribution in [0.4, 0.5) is 17.2 Å². The van der Waals surface area contributed by atoms with E-state index in [-0.39, 0.29) is 5.82 Å². The molecule has 144 valence electrons. The van der Waals surface area contributed by atoms with Crippen molar-refractivity contribution in [1.82, 2.24) is 9.97 Å². The van der Waals surface area contributed by atoms with E-state index in [2.05, 4.69) is 20.6 Å². The van der Waals surface area contributed by atoms with Gasteiger partial charge in [-0.05, 0) is 43.3 Å². The van der Waals surface area contributed by atoms with Gasteiger partial charge in [-0.1, -0.05) is 42.5 Å². The molecule has 3 aromatic carbocycles. The fourth-order valence-corrected chi connectivity index (χ4v) is 2.96. The fraction of sp³-hybridized carbons (Fsp3) is 0.0870. The third-order valence-electron chi connectivity index (χ3n) is 4.28. The van der Waals surface area contributed by atoms with Crippen LogP contribution in [0.2, 0.25) is 0 Å². The smallest absolute Gasteiger partial charge is 0.293 e. The second-order valence-corrected chi connectivity index (χ2v) is 6.29. The van der Waals surface area contributed by atoms with Crippen molar-refractivity contribution in [2.24, 2.45) is 0 Å². The van der Waals surface area contributed by atoms with Gasteiger partial charge in [0.25, 0.3) is 5.91 Å². The zero-order valence-corrected chi connectivity index (χ0v) is 15.9. The first-order valence-electron chi connectivity index (χ1n) is 9.36. The molecular weight excluding hydrogens is 364 g/mol. The van der Waals surface area contributed by atoms with E-state index in [1.54, 1.807) is 6.07 Å². The van der Waals surface area contributed by atoms with Gasteiger partial charge < -0.3 is 15.4 Å². The average Bonchev–Trinajstić information content (AvgIpc) is 2.76. The Kier molecular flexibility index (Phi) is 5.33. The van der Waals surface area contributed by atoms with Crippen LogP contribution in [0, 0.1) is 0 Å². The van der Waals surface area contributed by atoms with Crippen LogP contribution in [0.5, 0.6) is 5.75 Å². The summed E-state index contributed by atoms with van der Waals surface area (Å²) in [5, 5.41) is 6.97. The number of hydrogen-bond acceptors (Lipinski definition) is 5. The highest BCUT2D eigenvalue weighted by Crippen LogP contribution is 2.26. The largest absolute Gasteiger partial charge is 0.492 e. The van der Waals surface area contributed by atoms with Gasteiger partial charge in [0, 0.05) is 11.1 Å². The maximum atomic E-state index is 12.9. The van der Waals surface area contributed by atoms with E-state index in [4.69, 9.17) is 4.74 Å². The highest BCUT2D eigenvalue weighted by molar-refractivity contribution is 6.04. The van der Waals surface area contributed by atoms with E-state index in [9.17, 15) is 4.79 Å². The zero-order chi connectivity index (χ0) is 20.1. The molecule has 0 aliphatic heterocycles. The first-order chi connectivity index (χ1) is 14.2. The number of amides is 1. The summed E-state index contributed by atoms with van der Waals surface area (Å²) in [6, 6.07) is 24.6. The number of ether oxygens (including phenoxy) is 1. The number of para-hydroxylation sites is 4. The van der Waals surface area contributed by atoms with Crippen LogP contribution >= 0.6 is 0 Å². The van der Waals surface area contributed by atoms with Crippen LogP contribution in [-0.2, 0) is 0 Å². The van der Waals surface area contributed by atoms with Crippen LogP contribution in [0.3, 0.4) is 0 Å². The zero-order valence-electron chi connectivity index (χ0n) is 15.9. The number of aromatic nitrogens is 2.